The highest BCUT2D eigenvalue weighted by molar-refractivity contribution is 7.09. The van der Waals surface area contributed by atoms with Crippen LogP contribution in [0.25, 0.3) is 0 Å². The van der Waals surface area contributed by atoms with Crippen LogP contribution in [0, 0.1) is 0 Å². The first-order valence-corrected chi connectivity index (χ1v) is 10.8. The summed E-state index contributed by atoms with van der Waals surface area (Å²) in [7, 11) is 0. The van der Waals surface area contributed by atoms with Gasteiger partial charge >= 0.3 is 0 Å². The van der Waals surface area contributed by atoms with E-state index in [4.69, 9.17) is 4.74 Å². The molecular weight excluding hydrogens is 372 g/mol. The minimum Gasteiger partial charge on any atom is -0.491 e. The lowest BCUT2D eigenvalue weighted by Gasteiger charge is -2.15. The van der Waals surface area contributed by atoms with E-state index in [1.54, 1.807) is 11.3 Å². The molecule has 0 fully saturated rings. The Labute approximate surface area is 172 Å². The number of rotatable bonds is 10. The number of thiazole rings is 1. The number of nitrogens with one attached hydrogen (secondary N) is 2. The molecule has 28 heavy (non-hydrogen) atoms. The number of aliphatic hydroxyl groups excluding tert-OH is 1. The van der Waals surface area contributed by atoms with Gasteiger partial charge in [0.05, 0.1) is 29.5 Å². The van der Waals surface area contributed by atoms with Gasteiger partial charge in [-0.2, -0.15) is 0 Å². The second kappa shape index (κ2) is 11.7. The topological polar surface area (TPSA) is 78.8 Å². The van der Waals surface area contributed by atoms with Crippen molar-refractivity contribution < 1.29 is 9.84 Å². The number of guanidine groups is 1. The average molecular weight is 405 g/mol. The van der Waals surface area contributed by atoms with Crippen LogP contribution >= 0.6 is 11.3 Å². The fraction of sp³-hybridized carbons (Fsp3) is 0.524. The summed E-state index contributed by atoms with van der Waals surface area (Å²) in [5, 5.41) is 20.3. The van der Waals surface area contributed by atoms with Crippen molar-refractivity contribution in [3.63, 3.8) is 0 Å². The maximum atomic E-state index is 10.5. The number of aromatic nitrogens is 1. The zero-order valence-corrected chi connectivity index (χ0v) is 18.1. The molecule has 2 rings (SSSR count). The van der Waals surface area contributed by atoms with Crippen LogP contribution < -0.4 is 15.4 Å². The Morgan fingerprint density at radius 1 is 1.29 bits per heavy atom. The number of aryl methyl sites for hydroxylation is 1. The minimum atomic E-state index is -0.683. The normalized spacial score (nSPS) is 12.9. The van der Waals surface area contributed by atoms with E-state index in [0.717, 1.165) is 42.9 Å². The molecule has 1 aromatic heterocycles. The number of aliphatic hydroxyl groups is 1. The van der Waals surface area contributed by atoms with Crippen LogP contribution in [-0.2, 0) is 12.8 Å². The molecule has 0 aliphatic carbocycles. The highest BCUT2D eigenvalue weighted by Gasteiger charge is 2.09. The molecule has 1 heterocycles. The van der Waals surface area contributed by atoms with Crippen molar-refractivity contribution in [2.45, 2.75) is 52.7 Å². The van der Waals surface area contributed by atoms with Crippen molar-refractivity contribution in [2.75, 3.05) is 19.6 Å². The summed E-state index contributed by atoms with van der Waals surface area (Å²) in [5.74, 6) is 1.46. The van der Waals surface area contributed by atoms with E-state index in [0.29, 0.717) is 5.96 Å². The molecule has 3 N–H and O–H groups in total. The summed E-state index contributed by atoms with van der Waals surface area (Å²) in [6.07, 6.45) is 1.24. The summed E-state index contributed by atoms with van der Waals surface area (Å²) < 4.78 is 5.70. The highest BCUT2D eigenvalue weighted by Crippen LogP contribution is 2.20. The smallest absolute Gasteiger partial charge is 0.191 e. The minimum absolute atomic E-state index is 0.0982. The van der Waals surface area contributed by atoms with E-state index in [2.05, 4.69) is 32.9 Å². The number of nitrogens with zero attached hydrogens (tertiary/aromatic N) is 2. The van der Waals surface area contributed by atoms with E-state index < -0.39 is 6.10 Å². The molecule has 7 heteroatoms. The van der Waals surface area contributed by atoms with Gasteiger partial charge in [0.25, 0.3) is 0 Å². The van der Waals surface area contributed by atoms with Crippen molar-refractivity contribution in [1.82, 2.24) is 15.6 Å². The van der Waals surface area contributed by atoms with Gasteiger partial charge in [0.15, 0.2) is 5.96 Å². The third-order valence-electron chi connectivity index (χ3n) is 3.96. The second-order valence-corrected chi connectivity index (χ2v) is 7.68. The van der Waals surface area contributed by atoms with Gasteiger partial charge in [-0.15, -0.1) is 11.3 Å². The van der Waals surface area contributed by atoms with E-state index in [9.17, 15) is 5.11 Å². The predicted molar refractivity (Wildman–Crippen MR) is 116 cm³/mol. The molecule has 0 aliphatic rings. The number of aliphatic imine (C=N–C) groups is 1. The first-order valence-electron chi connectivity index (χ1n) is 9.91. The Balaban J connectivity index is 1.89. The summed E-state index contributed by atoms with van der Waals surface area (Å²) >= 11 is 1.71. The van der Waals surface area contributed by atoms with Gasteiger partial charge in [0.2, 0.25) is 0 Å². The van der Waals surface area contributed by atoms with Crippen molar-refractivity contribution in [3.05, 3.63) is 45.9 Å². The monoisotopic (exact) mass is 404 g/mol. The molecule has 0 spiro atoms. The first-order chi connectivity index (χ1) is 13.5. The van der Waals surface area contributed by atoms with Crippen LogP contribution in [0.5, 0.6) is 5.75 Å². The van der Waals surface area contributed by atoms with Crippen LogP contribution in [-0.4, -0.2) is 41.8 Å². The van der Waals surface area contributed by atoms with Crippen LogP contribution in [0.4, 0.5) is 0 Å². The van der Waals surface area contributed by atoms with Crippen molar-refractivity contribution >= 4 is 17.3 Å². The Hall–Kier alpha value is -2.12. The Bertz CT molecular complexity index is 746. The highest BCUT2D eigenvalue weighted by atomic mass is 32.1. The molecule has 0 radical (unpaired) electrons. The third kappa shape index (κ3) is 7.48. The summed E-state index contributed by atoms with van der Waals surface area (Å²) in [6, 6.07) is 7.55. The summed E-state index contributed by atoms with van der Waals surface area (Å²) in [5.41, 5.74) is 1.90. The van der Waals surface area contributed by atoms with Gasteiger partial charge in [0, 0.05) is 24.9 Å². The molecule has 0 bridgehead atoms. The Morgan fingerprint density at radius 2 is 2.11 bits per heavy atom. The Kier molecular flexibility index (Phi) is 9.23. The van der Waals surface area contributed by atoms with Gasteiger partial charge in [0.1, 0.15) is 5.75 Å². The summed E-state index contributed by atoms with van der Waals surface area (Å²) in [6.45, 7) is 9.88. The Morgan fingerprint density at radius 3 is 2.79 bits per heavy atom. The quantitative estimate of drug-likeness (QED) is 0.418. The maximum Gasteiger partial charge on any atom is 0.191 e. The molecule has 0 amide bonds. The van der Waals surface area contributed by atoms with E-state index in [1.165, 1.54) is 5.01 Å². The van der Waals surface area contributed by atoms with E-state index in [1.807, 2.05) is 45.0 Å². The van der Waals surface area contributed by atoms with Gasteiger partial charge in [-0.05, 0) is 44.9 Å². The predicted octanol–water partition coefficient (Wildman–Crippen LogP) is 3.32. The van der Waals surface area contributed by atoms with Gasteiger partial charge in [-0.25, -0.2) is 4.98 Å². The lowest BCUT2D eigenvalue weighted by Crippen LogP contribution is -2.38. The molecule has 1 aromatic carbocycles. The molecule has 2 aromatic rings. The average Bonchev–Trinajstić information content (AvgIpc) is 3.13. The van der Waals surface area contributed by atoms with Crippen molar-refractivity contribution in [1.29, 1.82) is 0 Å². The van der Waals surface area contributed by atoms with Gasteiger partial charge < -0.3 is 20.5 Å². The van der Waals surface area contributed by atoms with Crippen LogP contribution in [0.1, 0.15) is 50.1 Å². The fourth-order valence-corrected chi connectivity index (χ4v) is 3.41. The molecule has 1 atom stereocenters. The van der Waals surface area contributed by atoms with Crippen LogP contribution in [0.3, 0.4) is 0 Å². The lowest BCUT2D eigenvalue weighted by atomic mass is 10.1. The first kappa shape index (κ1) is 22.2. The molecule has 1 unspecified atom stereocenters. The molecule has 0 saturated carbocycles. The molecule has 0 aliphatic heterocycles. The zero-order valence-electron chi connectivity index (χ0n) is 17.2. The van der Waals surface area contributed by atoms with E-state index in [-0.39, 0.29) is 12.6 Å². The standard InChI is InChI=1S/C21H32N4O2S/c1-5-20-25-17(14-28-20)10-11-23-21(22-6-2)24-13-19(26)16-8-7-9-18(12-16)27-15(3)4/h7-9,12,14-15,19,26H,5-6,10-11,13H2,1-4H3,(H2,22,23,24). The number of ether oxygens (including phenoxy) is 1. The summed E-state index contributed by atoms with van der Waals surface area (Å²) in [4.78, 5) is 9.10. The second-order valence-electron chi connectivity index (χ2n) is 6.74. The number of hydrogen-bond donors (Lipinski definition) is 3. The van der Waals surface area contributed by atoms with Crippen molar-refractivity contribution in [3.8, 4) is 5.75 Å². The van der Waals surface area contributed by atoms with Gasteiger partial charge in [-0.3, -0.25) is 4.99 Å². The van der Waals surface area contributed by atoms with E-state index >= 15 is 0 Å². The van der Waals surface area contributed by atoms with Crippen LogP contribution in [0.2, 0.25) is 0 Å². The molecule has 154 valence electrons. The SMILES string of the molecule is CCNC(=NCC(O)c1cccc(OC(C)C)c1)NCCc1csc(CC)n1. The number of hydrogen-bond acceptors (Lipinski definition) is 5. The van der Waals surface area contributed by atoms with Gasteiger partial charge in [-0.1, -0.05) is 19.1 Å². The molecule has 6 nitrogen and oxygen atoms in total. The lowest BCUT2D eigenvalue weighted by molar-refractivity contribution is 0.185. The largest absolute Gasteiger partial charge is 0.491 e. The molecular formula is C21H32N4O2S. The number of benzene rings is 1. The van der Waals surface area contributed by atoms with Crippen molar-refractivity contribution in [2.24, 2.45) is 4.99 Å². The third-order valence-corrected chi connectivity index (χ3v) is 5.00. The molecule has 0 saturated heterocycles. The fourth-order valence-electron chi connectivity index (χ4n) is 2.63. The van der Waals surface area contributed by atoms with Crippen LogP contribution in [0.15, 0.2) is 34.6 Å². The zero-order chi connectivity index (χ0) is 20.4. The maximum absolute atomic E-state index is 10.5.